The van der Waals surface area contributed by atoms with E-state index in [1.807, 2.05) is 16.9 Å². The zero-order chi connectivity index (χ0) is 16.5. The van der Waals surface area contributed by atoms with Crippen LogP contribution in [0, 0.1) is 11.3 Å². The molecule has 0 spiro atoms. The summed E-state index contributed by atoms with van der Waals surface area (Å²) < 4.78 is 1.91. The van der Waals surface area contributed by atoms with Crippen LogP contribution in [0.2, 0.25) is 0 Å². The lowest BCUT2D eigenvalue weighted by Crippen LogP contribution is -2.57. The van der Waals surface area contributed by atoms with Crippen LogP contribution in [0.1, 0.15) is 46.5 Å². The Morgan fingerprint density at radius 1 is 1.22 bits per heavy atom. The number of aromatic nitrogens is 2. The number of nitrogens with one attached hydrogen (secondary N) is 1. The zero-order valence-electron chi connectivity index (χ0n) is 14.7. The third-order valence-electron chi connectivity index (χ3n) is 5.78. The van der Waals surface area contributed by atoms with Crippen LogP contribution in [0.15, 0.2) is 18.5 Å². The highest BCUT2D eigenvalue weighted by Gasteiger charge is 2.45. The summed E-state index contributed by atoms with van der Waals surface area (Å²) in [4.78, 5) is 15.5. The normalized spacial score (nSPS) is 23.0. The van der Waals surface area contributed by atoms with Crippen molar-refractivity contribution < 1.29 is 4.79 Å². The molecule has 0 atom stereocenters. The average Bonchev–Trinajstić information content (AvgIpc) is 3.09. The van der Waals surface area contributed by atoms with Crippen molar-refractivity contribution in [3.8, 4) is 0 Å². The highest BCUT2D eigenvalue weighted by molar-refractivity contribution is 5.84. The molecule has 1 aromatic rings. The summed E-state index contributed by atoms with van der Waals surface area (Å²) in [6, 6.07) is 1.92. The molecule has 1 N–H and O–H groups in total. The van der Waals surface area contributed by atoms with E-state index in [0.29, 0.717) is 11.3 Å². The fourth-order valence-electron chi connectivity index (χ4n) is 4.15. The van der Waals surface area contributed by atoms with Crippen molar-refractivity contribution in [1.29, 1.82) is 0 Å². The van der Waals surface area contributed by atoms with Gasteiger partial charge in [0.25, 0.3) is 5.91 Å². The smallest absolute Gasteiger partial charge is 0.250 e. The van der Waals surface area contributed by atoms with E-state index in [0.717, 1.165) is 51.9 Å². The van der Waals surface area contributed by atoms with E-state index in [4.69, 9.17) is 0 Å². The van der Waals surface area contributed by atoms with Gasteiger partial charge < -0.3 is 10.2 Å². The van der Waals surface area contributed by atoms with E-state index in [1.165, 1.54) is 0 Å². The molecule has 23 heavy (non-hydrogen) atoms. The number of carbonyl (C=O) groups is 1. The van der Waals surface area contributed by atoms with Gasteiger partial charge in [-0.15, -0.1) is 0 Å². The lowest BCUT2D eigenvalue weighted by atomic mass is 9.75. The molecule has 2 fully saturated rings. The molecule has 3 heterocycles. The molecular weight excluding hydrogens is 288 g/mol. The van der Waals surface area contributed by atoms with Crippen molar-refractivity contribution in [3.05, 3.63) is 18.5 Å². The first-order chi connectivity index (χ1) is 10.9. The Hall–Kier alpha value is -1.36. The molecule has 5 heteroatoms. The molecule has 2 saturated heterocycles. The second-order valence-corrected chi connectivity index (χ2v) is 8.16. The number of carbonyl (C=O) groups excluding carboxylic acids is 1. The number of piperidine rings is 2. The molecule has 1 amide bonds. The van der Waals surface area contributed by atoms with Crippen molar-refractivity contribution in [2.24, 2.45) is 11.3 Å². The predicted octanol–water partition coefficient (Wildman–Crippen LogP) is 2.25. The molecule has 5 nitrogen and oxygen atoms in total. The van der Waals surface area contributed by atoms with E-state index >= 15 is 0 Å². The van der Waals surface area contributed by atoms with Crippen molar-refractivity contribution in [2.45, 2.75) is 52.0 Å². The third-order valence-corrected chi connectivity index (χ3v) is 5.78. The second kappa shape index (κ2) is 6.27. The molecule has 2 aliphatic heterocycles. The van der Waals surface area contributed by atoms with Crippen LogP contribution >= 0.6 is 0 Å². The van der Waals surface area contributed by atoms with E-state index in [9.17, 15) is 4.79 Å². The Labute approximate surface area is 139 Å². The maximum atomic E-state index is 13.4. The lowest BCUT2D eigenvalue weighted by molar-refractivity contribution is -0.145. The monoisotopic (exact) mass is 318 g/mol. The largest absolute Gasteiger partial charge is 0.341 e. The second-order valence-electron chi connectivity index (χ2n) is 8.16. The molecule has 2 aliphatic rings. The third kappa shape index (κ3) is 3.16. The van der Waals surface area contributed by atoms with Gasteiger partial charge in [0.1, 0.15) is 5.54 Å². The van der Waals surface area contributed by atoms with Gasteiger partial charge in [-0.25, -0.2) is 0 Å². The van der Waals surface area contributed by atoms with Crippen molar-refractivity contribution in [1.82, 2.24) is 20.0 Å². The Morgan fingerprint density at radius 2 is 1.87 bits per heavy atom. The minimum atomic E-state index is -0.483. The Morgan fingerprint density at radius 3 is 2.39 bits per heavy atom. The molecule has 0 unspecified atom stereocenters. The SMILES string of the molecule is CC(C)(C)C1CCN(C(=O)C2(n3cccn3)CCNCC2)CC1. The summed E-state index contributed by atoms with van der Waals surface area (Å²) in [5.41, 5.74) is -0.146. The lowest BCUT2D eigenvalue weighted by Gasteiger charge is -2.44. The first kappa shape index (κ1) is 16.5. The maximum Gasteiger partial charge on any atom is 0.250 e. The van der Waals surface area contributed by atoms with Crippen LogP contribution in [0.25, 0.3) is 0 Å². The molecule has 1 aromatic heterocycles. The van der Waals surface area contributed by atoms with Gasteiger partial charge in [-0.1, -0.05) is 20.8 Å². The van der Waals surface area contributed by atoms with Gasteiger partial charge in [0, 0.05) is 25.5 Å². The predicted molar refractivity (Wildman–Crippen MR) is 91.1 cm³/mol. The van der Waals surface area contributed by atoms with Crippen LogP contribution in [0.4, 0.5) is 0 Å². The summed E-state index contributed by atoms with van der Waals surface area (Å²) in [5, 5.41) is 7.80. The Kier molecular flexibility index (Phi) is 4.50. The molecule has 128 valence electrons. The number of hydrogen-bond donors (Lipinski definition) is 1. The molecular formula is C18H30N4O. The highest BCUT2D eigenvalue weighted by Crippen LogP contribution is 2.36. The molecule has 3 rings (SSSR count). The van der Waals surface area contributed by atoms with Gasteiger partial charge >= 0.3 is 0 Å². The minimum absolute atomic E-state index is 0.273. The van der Waals surface area contributed by atoms with Crippen molar-refractivity contribution >= 4 is 5.91 Å². The molecule has 0 bridgehead atoms. The summed E-state index contributed by atoms with van der Waals surface area (Å²) in [6.07, 6.45) is 7.61. The van der Waals surface area contributed by atoms with Gasteiger partial charge in [0.15, 0.2) is 0 Å². The number of rotatable bonds is 2. The average molecular weight is 318 g/mol. The van der Waals surface area contributed by atoms with Crippen LogP contribution in [-0.2, 0) is 10.3 Å². The number of amides is 1. The van der Waals surface area contributed by atoms with Gasteiger partial charge in [-0.05, 0) is 56.2 Å². The molecule has 0 radical (unpaired) electrons. The standard InChI is InChI=1S/C18H30N4O/c1-17(2,3)15-5-13-21(14-6-15)16(23)18(7-10-19-11-8-18)22-12-4-9-20-22/h4,9,12,15,19H,5-8,10-11,13-14H2,1-3H3. The summed E-state index contributed by atoms with van der Waals surface area (Å²) in [7, 11) is 0. The van der Waals surface area contributed by atoms with Crippen molar-refractivity contribution in [2.75, 3.05) is 26.2 Å². The van der Waals surface area contributed by atoms with Crippen molar-refractivity contribution in [3.63, 3.8) is 0 Å². The van der Waals surface area contributed by atoms with E-state index < -0.39 is 5.54 Å². The van der Waals surface area contributed by atoms with Gasteiger partial charge in [0.2, 0.25) is 0 Å². The van der Waals surface area contributed by atoms with Crippen LogP contribution < -0.4 is 5.32 Å². The zero-order valence-corrected chi connectivity index (χ0v) is 14.7. The van der Waals surface area contributed by atoms with Gasteiger partial charge in [0.05, 0.1) is 0 Å². The van der Waals surface area contributed by atoms with Crippen LogP contribution in [-0.4, -0.2) is 46.8 Å². The van der Waals surface area contributed by atoms with E-state index in [1.54, 1.807) is 6.20 Å². The van der Waals surface area contributed by atoms with Gasteiger partial charge in [-0.2, -0.15) is 5.10 Å². The quantitative estimate of drug-likeness (QED) is 0.910. The highest BCUT2D eigenvalue weighted by atomic mass is 16.2. The summed E-state index contributed by atoms with van der Waals surface area (Å²) in [6.45, 7) is 10.5. The summed E-state index contributed by atoms with van der Waals surface area (Å²) >= 11 is 0. The Balaban J connectivity index is 1.75. The molecule has 0 aliphatic carbocycles. The first-order valence-electron chi connectivity index (χ1n) is 8.94. The maximum absolute atomic E-state index is 13.4. The van der Waals surface area contributed by atoms with Crippen LogP contribution in [0.5, 0.6) is 0 Å². The number of likely N-dealkylation sites (tertiary alicyclic amines) is 1. The molecule has 0 aromatic carbocycles. The van der Waals surface area contributed by atoms with Crippen LogP contribution in [0.3, 0.4) is 0 Å². The van der Waals surface area contributed by atoms with Gasteiger partial charge in [-0.3, -0.25) is 9.48 Å². The summed E-state index contributed by atoms with van der Waals surface area (Å²) in [5.74, 6) is 0.982. The van der Waals surface area contributed by atoms with E-state index in [2.05, 4.69) is 36.1 Å². The first-order valence-corrected chi connectivity index (χ1v) is 8.94. The fourth-order valence-corrected chi connectivity index (χ4v) is 4.15. The number of nitrogens with zero attached hydrogens (tertiary/aromatic N) is 3. The topological polar surface area (TPSA) is 50.2 Å². The number of hydrogen-bond acceptors (Lipinski definition) is 3. The van der Waals surface area contributed by atoms with E-state index in [-0.39, 0.29) is 5.91 Å². The fraction of sp³-hybridized carbons (Fsp3) is 0.778. The Bertz CT molecular complexity index is 518. The molecule has 0 saturated carbocycles. The minimum Gasteiger partial charge on any atom is -0.341 e.